The second-order valence-electron chi connectivity index (χ2n) is 16.5. The van der Waals surface area contributed by atoms with Crippen molar-refractivity contribution in [3.05, 3.63) is 29.8 Å². The van der Waals surface area contributed by atoms with Crippen molar-refractivity contribution in [1.29, 1.82) is 0 Å². The molecule has 6 rings (SSSR count). The zero-order chi connectivity index (χ0) is 26.3. The van der Waals surface area contributed by atoms with Gasteiger partial charge < -0.3 is 9.47 Å². The van der Waals surface area contributed by atoms with Crippen molar-refractivity contribution in [2.24, 2.45) is 64.1 Å². The highest BCUT2D eigenvalue weighted by atomic mass is 16.7. The van der Waals surface area contributed by atoms with Crippen LogP contribution >= 0.6 is 0 Å². The Morgan fingerprint density at radius 1 is 0.784 bits per heavy atom. The minimum Gasteiger partial charge on any atom is -0.465 e. The quantitative estimate of drug-likeness (QED) is 0.271. The van der Waals surface area contributed by atoms with E-state index in [4.69, 9.17) is 9.47 Å². The molecule has 0 N–H and O–H groups in total. The number of fused-ring (bicyclic) bond motifs is 12. The Labute approximate surface area is 227 Å². The van der Waals surface area contributed by atoms with Crippen LogP contribution in [-0.4, -0.2) is 12.4 Å². The summed E-state index contributed by atoms with van der Waals surface area (Å²) in [4.78, 5) is 0. The van der Waals surface area contributed by atoms with Gasteiger partial charge in [0.2, 0.25) is 6.29 Å². The molecule has 0 aromatic heterocycles. The Morgan fingerprint density at radius 2 is 1.43 bits per heavy atom. The van der Waals surface area contributed by atoms with Gasteiger partial charge in [-0.3, -0.25) is 0 Å². The lowest BCUT2D eigenvalue weighted by atomic mass is 9.64. The fraction of sp³-hybridized carbons (Fsp3) is 0.829. The molecule has 5 aliphatic carbocycles. The molecule has 4 bridgehead atoms. The van der Waals surface area contributed by atoms with Crippen molar-refractivity contribution >= 4 is 0 Å². The predicted octanol–water partition coefficient (Wildman–Crippen LogP) is 9.34. The molecule has 0 aliphatic heterocycles. The monoisotopic (exact) mass is 506 g/mol. The van der Waals surface area contributed by atoms with Gasteiger partial charge in [-0.15, -0.1) is 0 Å². The fourth-order valence-electron chi connectivity index (χ4n) is 10.4. The maximum atomic E-state index is 6.91. The Hall–Kier alpha value is -1.02. The van der Waals surface area contributed by atoms with Crippen molar-refractivity contribution in [3.63, 3.8) is 0 Å². The zero-order valence-corrected chi connectivity index (χ0v) is 25.0. The average molecular weight is 507 g/mol. The Kier molecular flexibility index (Phi) is 6.57. The first kappa shape index (κ1) is 26.2. The van der Waals surface area contributed by atoms with Gasteiger partial charge in [-0.1, -0.05) is 73.9 Å². The Balaban J connectivity index is 1.12. The second-order valence-corrected chi connectivity index (χ2v) is 16.5. The number of ether oxygens (including phenoxy) is 2. The van der Waals surface area contributed by atoms with Crippen LogP contribution in [0.25, 0.3) is 0 Å². The summed E-state index contributed by atoms with van der Waals surface area (Å²) in [6, 6.07) is 9.01. The first-order valence-electron chi connectivity index (χ1n) is 15.8. The van der Waals surface area contributed by atoms with Crippen LogP contribution in [0.1, 0.15) is 112 Å². The van der Waals surface area contributed by atoms with E-state index < -0.39 is 0 Å². The van der Waals surface area contributed by atoms with Gasteiger partial charge in [0.1, 0.15) is 5.75 Å². The van der Waals surface area contributed by atoms with Gasteiger partial charge in [0.25, 0.3) is 0 Å². The lowest BCUT2D eigenvalue weighted by molar-refractivity contribution is -0.168. The van der Waals surface area contributed by atoms with Crippen LogP contribution < -0.4 is 4.74 Å². The summed E-state index contributed by atoms with van der Waals surface area (Å²) in [5.41, 5.74) is 1.97. The van der Waals surface area contributed by atoms with Crippen LogP contribution in [0.15, 0.2) is 24.3 Å². The number of rotatable bonds is 7. The summed E-state index contributed by atoms with van der Waals surface area (Å²) in [6.07, 6.45) is 10.3. The zero-order valence-electron chi connectivity index (χ0n) is 25.0. The first-order chi connectivity index (χ1) is 17.4. The van der Waals surface area contributed by atoms with Gasteiger partial charge in [0, 0.05) is 5.92 Å². The third-order valence-corrected chi connectivity index (χ3v) is 11.6. The maximum Gasteiger partial charge on any atom is 0.202 e. The van der Waals surface area contributed by atoms with Crippen LogP contribution in [0.5, 0.6) is 5.75 Å². The van der Waals surface area contributed by atoms with Crippen LogP contribution in [-0.2, 0) is 4.74 Å². The summed E-state index contributed by atoms with van der Waals surface area (Å²) in [7, 11) is 0. The topological polar surface area (TPSA) is 18.5 Å². The summed E-state index contributed by atoms with van der Waals surface area (Å²) >= 11 is 0. The molecule has 2 nitrogen and oxygen atoms in total. The SMILES string of the molecule is CC(C)C(Oc1ccc(C(CC(C)(C)C)C(C)(C)C)cc1)OC1CC2CC1C1C3CC(C4CCCC43)C21. The first-order valence-corrected chi connectivity index (χ1v) is 15.8. The summed E-state index contributed by atoms with van der Waals surface area (Å²) in [5.74, 6) is 9.84. The van der Waals surface area contributed by atoms with Gasteiger partial charge in [-0.25, -0.2) is 0 Å². The number of hydrogen-bond donors (Lipinski definition) is 0. The van der Waals surface area contributed by atoms with E-state index in [2.05, 4.69) is 79.7 Å². The smallest absolute Gasteiger partial charge is 0.202 e. The molecule has 1 aromatic carbocycles. The molecule has 5 aliphatic rings. The van der Waals surface area contributed by atoms with Gasteiger partial charge in [-0.2, -0.15) is 0 Å². The van der Waals surface area contributed by atoms with Gasteiger partial charge >= 0.3 is 0 Å². The molecule has 1 aromatic rings. The largest absolute Gasteiger partial charge is 0.465 e. The molecule has 206 valence electrons. The minimum atomic E-state index is -0.153. The van der Waals surface area contributed by atoms with Crippen molar-refractivity contribution in [2.75, 3.05) is 0 Å². The molecule has 11 atom stereocenters. The Morgan fingerprint density at radius 3 is 2.03 bits per heavy atom. The predicted molar refractivity (Wildman–Crippen MR) is 152 cm³/mol. The second kappa shape index (κ2) is 9.28. The molecule has 0 heterocycles. The normalized spacial score (nSPS) is 39.8. The molecular weight excluding hydrogens is 452 g/mol. The molecule has 5 saturated carbocycles. The van der Waals surface area contributed by atoms with E-state index in [1.807, 2.05) is 0 Å². The van der Waals surface area contributed by atoms with Crippen molar-refractivity contribution in [2.45, 2.75) is 119 Å². The molecule has 2 heteroatoms. The molecule has 0 saturated heterocycles. The van der Waals surface area contributed by atoms with Gasteiger partial charge in [0.15, 0.2) is 0 Å². The van der Waals surface area contributed by atoms with E-state index in [9.17, 15) is 0 Å². The molecule has 0 spiro atoms. The number of hydrogen-bond acceptors (Lipinski definition) is 2. The highest BCUT2D eigenvalue weighted by Gasteiger charge is 2.68. The van der Waals surface area contributed by atoms with Crippen LogP contribution in [0.4, 0.5) is 0 Å². The molecule has 5 fully saturated rings. The van der Waals surface area contributed by atoms with E-state index >= 15 is 0 Å². The lowest BCUT2D eigenvalue weighted by Gasteiger charge is -2.44. The highest BCUT2D eigenvalue weighted by molar-refractivity contribution is 5.31. The third kappa shape index (κ3) is 4.70. The van der Waals surface area contributed by atoms with Crippen molar-refractivity contribution in [1.82, 2.24) is 0 Å². The summed E-state index contributed by atoms with van der Waals surface area (Å²) < 4.78 is 13.5. The molecule has 0 radical (unpaired) electrons. The van der Waals surface area contributed by atoms with Crippen LogP contribution in [0.3, 0.4) is 0 Å². The van der Waals surface area contributed by atoms with E-state index in [0.29, 0.717) is 23.4 Å². The minimum absolute atomic E-state index is 0.153. The molecule has 0 amide bonds. The van der Waals surface area contributed by atoms with E-state index in [1.165, 1.54) is 37.7 Å². The lowest BCUT2D eigenvalue weighted by Crippen LogP contribution is -2.43. The average Bonchev–Trinajstić information content (AvgIpc) is 3.59. The fourth-order valence-corrected chi connectivity index (χ4v) is 10.4. The third-order valence-electron chi connectivity index (χ3n) is 11.6. The maximum absolute atomic E-state index is 6.91. The van der Waals surface area contributed by atoms with E-state index in [0.717, 1.165) is 53.1 Å². The van der Waals surface area contributed by atoms with Gasteiger partial charge in [0.05, 0.1) is 6.10 Å². The Bertz CT molecular complexity index is 949. The standard InChI is InChI=1S/C35H54O2/c1-20(2)33(36-23-14-12-21(13-15-23)29(35(6,7)8)19-34(3,4)5)37-30-17-22-16-28(30)32-27-18-26(31(22)32)24-10-9-11-25(24)27/h12-15,20,22,24-33H,9-11,16-19H2,1-8H3. The number of benzene rings is 1. The summed E-state index contributed by atoms with van der Waals surface area (Å²) in [5, 5.41) is 0. The summed E-state index contributed by atoms with van der Waals surface area (Å²) in [6.45, 7) is 18.7. The van der Waals surface area contributed by atoms with E-state index in [1.54, 1.807) is 12.8 Å². The van der Waals surface area contributed by atoms with E-state index in [-0.39, 0.29) is 11.7 Å². The molecule has 11 unspecified atom stereocenters. The molecular formula is C35H54O2. The van der Waals surface area contributed by atoms with Crippen LogP contribution in [0, 0.1) is 64.1 Å². The van der Waals surface area contributed by atoms with Gasteiger partial charge in [-0.05, 0) is 120 Å². The van der Waals surface area contributed by atoms with Crippen LogP contribution in [0.2, 0.25) is 0 Å². The van der Waals surface area contributed by atoms with Crippen molar-refractivity contribution < 1.29 is 9.47 Å². The van der Waals surface area contributed by atoms with Crippen molar-refractivity contribution in [3.8, 4) is 5.75 Å². The highest BCUT2D eigenvalue weighted by Crippen LogP contribution is 2.73. The molecule has 37 heavy (non-hydrogen) atoms.